The molecule has 0 radical (unpaired) electrons. The lowest BCUT2D eigenvalue weighted by molar-refractivity contribution is -0.167. The molecule has 7 nitrogen and oxygen atoms in total. The summed E-state index contributed by atoms with van der Waals surface area (Å²) in [5, 5.41) is 0. The van der Waals surface area contributed by atoms with Gasteiger partial charge in [0.05, 0.1) is 31.0 Å². The molecule has 1 atom stereocenters. The van der Waals surface area contributed by atoms with Crippen LogP contribution in [0.25, 0.3) is 0 Å². The number of aryl methyl sites for hydroxylation is 1. The van der Waals surface area contributed by atoms with Crippen LogP contribution >= 0.6 is 0 Å². The van der Waals surface area contributed by atoms with Crippen LogP contribution in [0.2, 0.25) is 0 Å². The highest BCUT2D eigenvalue weighted by molar-refractivity contribution is 5.86. The largest absolute Gasteiger partial charge is 0.381 e. The van der Waals surface area contributed by atoms with Gasteiger partial charge in [-0.25, -0.2) is 18.2 Å². The summed E-state index contributed by atoms with van der Waals surface area (Å²) in [5.41, 5.74) is 0.489. The molecule has 178 valence electrons. The van der Waals surface area contributed by atoms with Gasteiger partial charge < -0.3 is 18.9 Å². The molecule has 0 spiro atoms. The zero-order valence-corrected chi connectivity index (χ0v) is 18.9. The first kappa shape index (κ1) is 23.4. The average molecular weight is 464 g/mol. The zero-order valence-electron chi connectivity index (χ0n) is 18.9. The Balaban J connectivity index is 1.66. The van der Waals surface area contributed by atoms with Crippen molar-refractivity contribution in [1.29, 1.82) is 0 Å². The minimum absolute atomic E-state index is 0.0723. The average Bonchev–Trinajstić information content (AvgIpc) is 3.27. The highest BCUT2D eigenvalue weighted by Gasteiger charge is 2.44. The fourth-order valence-corrected chi connectivity index (χ4v) is 4.49. The number of benzene rings is 1. The Kier molecular flexibility index (Phi) is 6.58. The van der Waals surface area contributed by atoms with E-state index in [9.17, 15) is 18.0 Å². The van der Waals surface area contributed by atoms with Gasteiger partial charge in [-0.05, 0) is 6.92 Å². The van der Waals surface area contributed by atoms with Crippen molar-refractivity contribution in [3.8, 4) is 0 Å². The molecule has 0 bridgehead atoms. The van der Waals surface area contributed by atoms with Gasteiger partial charge in [0, 0.05) is 57.0 Å². The van der Waals surface area contributed by atoms with E-state index < -0.39 is 29.4 Å². The predicted molar refractivity (Wildman–Crippen MR) is 113 cm³/mol. The van der Waals surface area contributed by atoms with Gasteiger partial charge in [0.2, 0.25) is 0 Å². The van der Waals surface area contributed by atoms with Crippen LogP contribution in [-0.2, 0) is 34.4 Å². The molecular weight excluding hydrogens is 437 g/mol. The number of fused-ring (bicyclic) bond motifs is 1. The molecule has 0 aliphatic carbocycles. The van der Waals surface area contributed by atoms with Crippen LogP contribution in [0.1, 0.15) is 54.6 Å². The maximum atomic E-state index is 14.6. The third kappa shape index (κ3) is 4.29. The normalized spacial score (nSPS) is 19.1. The molecule has 1 fully saturated rings. The van der Waals surface area contributed by atoms with Crippen LogP contribution in [-0.4, -0.2) is 46.3 Å². The second-order valence-electron chi connectivity index (χ2n) is 8.43. The SMILES string of the molecule is COC1(C(=O)N2Cc3c(n(C)cn/c3=N\C(C)c3cccc(C(F)F)c3F)C2)CCOCC1. The van der Waals surface area contributed by atoms with E-state index in [-0.39, 0.29) is 18.0 Å². The third-order valence-electron chi connectivity index (χ3n) is 6.51. The summed E-state index contributed by atoms with van der Waals surface area (Å²) in [4.78, 5) is 24.0. The van der Waals surface area contributed by atoms with E-state index in [1.165, 1.54) is 12.1 Å². The van der Waals surface area contributed by atoms with Crippen LogP contribution in [0.15, 0.2) is 29.5 Å². The summed E-state index contributed by atoms with van der Waals surface area (Å²) in [6, 6.07) is 3.17. The molecule has 0 saturated carbocycles. The van der Waals surface area contributed by atoms with Crippen LogP contribution in [0.3, 0.4) is 0 Å². The van der Waals surface area contributed by atoms with Gasteiger partial charge >= 0.3 is 0 Å². The first-order chi connectivity index (χ1) is 15.8. The number of nitrogens with zero attached hydrogens (tertiary/aromatic N) is 4. The molecule has 3 heterocycles. The monoisotopic (exact) mass is 464 g/mol. The van der Waals surface area contributed by atoms with Gasteiger partial charge in [0.1, 0.15) is 5.82 Å². The lowest BCUT2D eigenvalue weighted by Crippen LogP contribution is -2.52. The second kappa shape index (κ2) is 9.26. The van der Waals surface area contributed by atoms with Crippen molar-refractivity contribution < 1.29 is 27.4 Å². The molecule has 2 aliphatic heterocycles. The Morgan fingerprint density at radius 2 is 1.94 bits per heavy atom. The number of amides is 1. The summed E-state index contributed by atoms with van der Waals surface area (Å²) in [7, 11) is 3.37. The number of hydrogen-bond donors (Lipinski definition) is 0. The Morgan fingerprint density at radius 3 is 2.61 bits per heavy atom. The molecule has 33 heavy (non-hydrogen) atoms. The number of aromatic nitrogens is 2. The van der Waals surface area contributed by atoms with Crippen LogP contribution in [0, 0.1) is 5.82 Å². The van der Waals surface area contributed by atoms with Crippen LogP contribution in [0.5, 0.6) is 0 Å². The molecule has 2 aliphatic rings. The Bertz CT molecular complexity index is 1110. The molecule has 1 aromatic carbocycles. The van der Waals surface area contributed by atoms with Gasteiger partial charge in [0.25, 0.3) is 12.3 Å². The second-order valence-corrected chi connectivity index (χ2v) is 8.43. The topological polar surface area (TPSA) is 69.0 Å². The highest BCUT2D eigenvalue weighted by atomic mass is 19.3. The van der Waals surface area contributed by atoms with Gasteiger partial charge in [0.15, 0.2) is 11.1 Å². The summed E-state index contributed by atoms with van der Waals surface area (Å²) in [5.74, 6) is -1.07. The van der Waals surface area contributed by atoms with Crippen molar-refractivity contribution in [3.05, 3.63) is 58.2 Å². The van der Waals surface area contributed by atoms with Gasteiger partial charge in [-0.3, -0.25) is 9.79 Å². The van der Waals surface area contributed by atoms with Gasteiger partial charge in [-0.15, -0.1) is 0 Å². The summed E-state index contributed by atoms with van der Waals surface area (Å²) < 4.78 is 53.7. The molecule has 0 N–H and O–H groups in total. The minimum atomic E-state index is -2.91. The third-order valence-corrected chi connectivity index (χ3v) is 6.51. The number of halogens is 3. The van der Waals surface area contributed by atoms with E-state index >= 15 is 0 Å². The fourth-order valence-electron chi connectivity index (χ4n) is 4.49. The van der Waals surface area contributed by atoms with Crippen LogP contribution in [0.4, 0.5) is 13.2 Å². The first-order valence-electron chi connectivity index (χ1n) is 10.8. The minimum Gasteiger partial charge on any atom is -0.381 e. The number of carbonyl (C=O) groups is 1. The number of alkyl halides is 2. The van der Waals surface area contributed by atoms with Crippen LogP contribution < -0.4 is 5.49 Å². The lowest BCUT2D eigenvalue weighted by Gasteiger charge is -2.37. The van der Waals surface area contributed by atoms with E-state index in [0.29, 0.717) is 38.1 Å². The number of methoxy groups -OCH3 is 1. The number of ether oxygens (including phenoxy) is 2. The fraction of sp³-hybridized carbons (Fsp3) is 0.522. The smallest absolute Gasteiger partial charge is 0.266 e. The molecule has 1 saturated heterocycles. The summed E-state index contributed by atoms with van der Waals surface area (Å²) in [6.45, 7) is 3.20. The number of hydrogen-bond acceptors (Lipinski definition) is 5. The van der Waals surface area contributed by atoms with Crippen molar-refractivity contribution >= 4 is 5.91 Å². The Hall–Kier alpha value is -2.72. The van der Waals surface area contributed by atoms with Crippen molar-refractivity contribution in [1.82, 2.24) is 14.5 Å². The van der Waals surface area contributed by atoms with Crippen molar-refractivity contribution in [2.24, 2.45) is 12.0 Å². The maximum Gasteiger partial charge on any atom is 0.266 e. The Morgan fingerprint density at radius 1 is 1.24 bits per heavy atom. The quantitative estimate of drug-likeness (QED) is 0.682. The molecule has 1 unspecified atom stereocenters. The molecule has 4 rings (SSSR count). The van der Waals surface area contributed by atoms with Crippen molar-refractivity contribution in [3.63, 3.8) is 0 Å². The predicted octanol–water partition coefficient (Wildman–Crippen LogP) is 3.20. The van der Waals surface area contributed by atoms with Crippen molar-refractivity contribution in [2.75, 3.05) is 20.3 Å². The molecule has 2 aromatic rings. The summed E-state index contributed by atoms with van der Waals surface area (Å²) >= 11 is 0. The van der Waals surface area contributed by atoms with Gasteiger partial charge in [-0.2, -0.15) is 0 Å². The maximum absolute atomic E-state index is 14.6. The zero-order chi connectivity index (χ0) is 23.8. The standard InChI is InChI=1S/C23H27F3N4O3/c1-14(15-5-4-6-16(19(15)24)20(25)26)28-21-17-11-30(12-18(17)29(2)13-27-21)22(31)23(32-3)7-9-33-10-8-23/h4-6,13-14,20H,7-12H2,1-3H3/b28-21-. The molecule has 1 amide bonds. The summed E-state index contributed by atoms with van der Waals surface area (Å²) in [6.07, 6.45) is -0.362. The molecular formula is C23H27F3N4O3. The highest BCUT2D eigenvalue weighted by Crippen LogP contribution is 2.31. The molecule has 1 aromatic heterocycles. The van der Waals surface area contributed by atoms with E-state index in [4.69, 9.17) is 9.47 Å². The molecule has 10 heteroatoms. The van der Waals surface area contributed by atoms with E-state index in [1.807, 2.05) is 11.6 Å². The number of rotatable bonds is 5. The van der Waals surface area contributed by atoms with E-state index in [1.54, 1.807) is 25.3 Å². The van der Waals surface area contributed by atoms with Gasteiger partial charge in [-0.1, -0.05) is 18.2 Å². The first-order valence-corrected chi connectivity index (χ1v) is 10.8. The van der Waals surface area contributed by atoms with E-state index in [2.05, 4.69) is 9.98 Å². The lowest BCUT2D eigenvalue weighted by atomic mass is 9.92. The van der Waals surface area contributed by atoms with Crippen molar-refractivity contribution in [2.45, 2.75) is 50.9 Å². The van der Waals surface area contributed by atoms with E-state index in [0.717, 1.165) is 17.3 Å². The Labute approximate surface area is 189 Å². The number of carbonyl (C=O) groups excluding carboxylic acids is 1.